The summed E-state index contributed by atoms with van der Waals surface area (Å²) in [6.45, 7) is 2.63. The molecule has 0 bridgehead atoms. The number of likely N-dealkylation sites (tertiary alicyclic amines) is 1. The fourth-order valence-electron chi connectivity index (χ4n) is 3.17. The van der Waals surface area contributed by atoms with Crippen LogP contribution in [0, 0.1) is 6.92 Å². The van der Waals surface area contributed by atoms with Gasteiger partial charge in [-0.3, -0.25) is 9.78 Å². The van der Waals surface area contributed by atoms with Gasteiger partial charge in [-0.05, 0) is 43.5 Å². The van der Waals surface area contributed by atoms with Gasteiger partial charge in [0.2, 0.25) is 0 Å². The van der Waals surface area contributed by atoms with Crippen molar-refractivity contribution in [2.75, 3.05) is 6.54 Å². The second kappa shape index (κ2) is 6.68. The molecule has 7 heteroatoms. The summed E-state index contributed by atoms with van der Waals surface area (Å²) in [5.74, 6) is 0.596. The van der Waals surface area contributed by atoms with Crippen LogP contribution in [0.3, 0.4) is 0 Å². The Balaban J connectivity index is 1.64. The average molecular weight is 351 g/mol. The topological polar surface area (TPSA) is 71.9 Å². The Morgan fingerprint density at radius 1 is 1.20 bits per heavy atom. The van der Waals surface area contributed by atoms with E-state index in [9.17, 15) is 4.79 Å². The van der Waals surface area contributed by atoms with Gasteiger partial charge in [-0.25, -0.2) is 15.0 Å². The van der Waals surface area contributed by atoms with Crippen LogP contribution in [0.25, 0.3) is 10.8 Å². The lowest BCUT2D eigenvalue weighted by atomic mass is 10.1. The van der Waals surface area contributed by atoms with Crippen LogP contribution in [-0.2, 0) is 0 Å². The van der Waals surface area contributed by atoms with Crippen LogP contribution in [0.15, 0.2) is 43.0 Å². The van der Waals surface area contributed by atoms with E-state index in [0.717, 1.165) is 30.6 Å². The van der Waals surface area contributed by atoms with E-state index in [1.165, 1.54) is 11.3 Å². The number of pyridine rings is 1. The third kappa shape index (κ3) is 3.02. The third-order valence-electron chi connectivity index (χ3n) is 4.35. The van der Waals surface area contributed by atoms with Crippen molar-refractivity contribution in [2.24, 2.45) is 0 Å². The summed E-state index contributed by atoms with van der Waals surface area (Å²) < 4.78 is 0. The van der Waals surface area contributed by atoms with Crippen LogP contribution in [-0.4, -0.2) is 37.3 Å². The van der Waals surface area contributed by atoms with Gasteiger partial charge in [0.25, 0.3) is 5.91 Å². The number of thiazole rings is 1. The maximum absolute atomic E-state index is 13.1. The number of aryl methyl sites for hydroxylation is 1. The zero-order valence-electron chi connectivity index (χ0n) is 13.8. The molecule has 3 aromatic rings. The number of amides is 1. The predicted molar refractivity (Wildman–Crippen MR) is 95.1 cm³/mol. The first kappa shape index (κ1) is 15.8. The Bertz CT molecular complexity index is 881. The molecule has 0 N–H and O–H groups in total. The largest absolute Gasteiger partial charge is 0.331 e. The molecule has 0 spiro atoms. The number of carbonyl (C=O) groups is 1. The standard InChI is InChI=1S/C18H17N5OS/c1-12-15(25-17(22-12)16-20-7-3-8-21-16)18(24)23-11-2-4-14(23)13-5-9-19-10-6-13/h3,5-10,14H,2,4,11H2,1H3/t14-/m0/s1. The van der Waals surface area contributed by atoms with Gasteiger partial charge in [-0.2, -0.15) is 0 Å². The molecule has 0 aliphatic carbocycles. The second-order valence-electron chi connectivity index (χ2n) is 5.94. The Kier molecular flexibility index (Phi) is 4.23. The monoisotopic (exact) mass is 351 g/mol. The highest BCUT2D eigenvalue weighted by atomic mass is 32.1. The number of hydrogen-bond acceptors (Lipinski definition) is 6. The highest BCUT2D eigenvalue weighted by Gasteiger charge is 2.32. The maximum Gasteiger partial charge on any atom is 0.266 e. The molecule has 0 unspecified atom stereocenters. The van der Waals surface area contributed by atoms with Crippen molar-refractivity contribution in [3.63, 3.8) is 0 Å². The minimum atomic E-state index is 0.0384. The van der Waals surface area contributed by atoms with Crippen molar-refractivity contribution >= 4 is 17.2 Å². The van der Waals surface area contributed by atoms with Crippen LogP contribution in [0.1, 0.15) is 39.8 Å². The van der Waals surface area contributed by atoms with Crippen LogP contribution in [0.2, 0.25) is 0 Å². The van der Waals surface area contributed by atoms with Crippen LogP contribution in [0.5, 0.6) is 0 Å². The van der Waals surface area contributed by atoms with E-state index in [-0.39, 0.29) is 11.9 Å². The minimum Gasteiger partial charge on any atom is -0.331 e. The van der Waals surface area contributed by atoms with E-state index in [2.05, 4.69) is 19.9 Å². The first-order valence-corrected chi connectivity index (χ1v) is 9.01. The average Bonchev–Trinajstić information content (AvgIpc) is 3.30. The minimum absolute atomic E-state index is 0.0384. The molecule has 1 atom stereocenters. The molecule has 4 heterocycles. The molecule has 126 valence electrons. The Labute approximate surface area is 149 Å². The summed E-state index contributed by atoms with van der Waals surface area (Å²) in [5.41, 5.74) is 1.87. The molecular formula is C18H17N5OS. The smallest absolute Gasteiger partial charge is 0.266 e. The molecule has 3 aromatic heterocycles. The van der Waals surface area contributed by atoms with E-state index in [4.69, 9.17) is 0 Å². The predicted octanol–water partition coefficient (Wildman–Crippen LogP) is 3.28. The summed E-state index contributed by atoms with van der Waals surface area (Å²) in [5, 5.41) is 0.682. The van der Waals surface area contributed by atoms with Gasteiger partial charge in [0.15, 0.2) is 10.8 Å². The lowest BCUT2D eigenvalue weighted by Gasteiger charge is -2.24. The highest BCUT2D eigenvalue weighted by molar-refractivity contribution is 7.17. The quantitative estimate of drug-likeness (QED) is 0.724. The number of aromatic nitrogens is 4. The fourth-order valence-corrected chi connectivity index (χ4v) is 4.14. The lowest BCUT2D eigenvalue weighted by molar-refractivity contribution is 0.0739. The van der Waals surface area contributed by atoms with Crippen molar-refractivity contribution in [3.05, 3.63) is 59.1 Å². The van der Waals surface area contributed by atoms with Crippen LogP contribution >= 0.6 is 11.3 Å². The highest BCUT2D eigenvalue weighted by Crippen LogP contribution is 2.35. The summed E-state index contributed by atoms with van der Waals surface area (Å²) >= 11 is 1.37. The second-order valence-corrected chi connectivity index (χ2v) is 6.94. The first-order valence-electron chi connectivity index (χ1n) is 8.20. The van der Waals surface area contributed by atoms with Gasteiger partial charge in [0.05, 0.1) is 11.7 Å². The molecule has 1 saturated heterocycles. The molecule has 25 heavy (non-hydrogen) atoms. The molecule has 0 aromatic carbocycles. The van der Waals surface area contributed by atoms with E-state index in [0.29, 0.717) is 15.7 Å². The van der Waals surface area contributed by atoms with E-state index < -0.39 is 0 Å². The van der Waals surface area contributed by atoms with Crippen LogP contribution in [0.4, 0.5) is 0 Å². The number of carbonyl (C=O) groups excluding carboxylic acids is 1. The molecule has 4 rings (SSSR count). The zero-order chi connectivity index (χ0) is 17.2. The van der Waals surface area contributed by atoms with Gasteiger partial charge in [-0.1, -0.05) is 0 Å². The van der Waals surface area contributed by atoms with Crippen molar-refractivity contribution in [1.29, 1.82) is 0 Å². The summed E-state index contributed by atoms with van der Waals surface area (Å²) in [6, 6.07) is 5.84. The van der Waals surface area contributed by atoms with Gasteiger partial charge < -0.3 is 4.90 Å². The number of rotatable bonds is 3. The molecule has 6 nitrogen and oxygen atoms in total. The maximum atomic E-state index is 13.1. The SMILES string of the molecule is Cc1nc(-c2ncccn2)sc1C(=O)N1CCC[C@H]1c1ccncc1. The lowest BCUT2D eigenvalue weighted by Crippen LogP contribution is -2.30. The summed E-state index contributed by atoms with van der Waals surface area (Å²) in [4.78, 5) is 32.8. The number of nitrogens with zero attached hydrogens (tertiary/aromatic N) is 5. The van der Waals surface area contributed by atoms with Gasteiger partial charge in [0.1, 0.15) is 4.88 Å². The van der Waals surface area contributed by atoms with Gasteiger partial charge in [0, 0.05) is 31.3 Å². The van der Waals surface area contributed by atoms with E-state index in [1.807, 2.05) is 24.0 Å². The molecule has 1 fully saturated rings. The molecular weight excluding hydrogens is 334 g/mol. The fraction of sp³-hybridized carbons (Fsp3) is 0.278. The van der Waals surface area contributed by atoms with Crippen molar-refractivity contribution < 1.29 is 4.79 Å². The van der Waals surface area contributed by atoms with E-state index in [1.54, 1.807) is 30.9 Å². The van der Waals surface area contributed by atoms with Crippen molar-refractivity contribution in [1.82, 2.24) is 24.8 Å². The van der Waals surface area contributed by atoms with E-state index >= 15 is 0 Å². The van der Waals surface area contributed by atoms with Gasteiger partial charge >= 0.3 is 0 Å². The molecule has 1 aliphatic heterocycles. The zero-order valence-corrected chi connectivity index (χ0v) is 14.6. The van der Waals surface area contributed by atoms with Crippen LogP contribution < -0.4 is 0 Å². The van der Waals surface area contributed by atoms with Crippen molar-refractivity contribution in [2.45, 2.75) is 25.8 Å². The Morgan fingerprint density at radius 2 is 1.96 bits per heavy atom. The summed E-state index contributed by atoms with van der Waals surface area (Å²) in [7, 11) is 0. The Morgan fingerprint density at radius 3 is 2.72 bits per heavy atom. The molecule has 1 amide bonds. The van der Waals surface area contributed by atoms with Gasteiger partial charge in [-0.15, -0.1) is 11.3 Å². The Hall–Kier alpha value is -2.67. The molecule has 1 aliphatic rings. The molecule has 0 saturated carbocycles. The molecule has 0 radical (unpaired) electrons. The first-order chi connectivity index (χ1) is 12.2. The third-order valence-corrected chi connectivity index (χ3v) is 5.49. The number of hydrogen-bond donors (Lipinski definition) is 0. The van der Waals surface area contributed by atoms with Crippen molar-refractivity contribution in [3.8, 4) is 10.8 Å². The normalized spacial score (nSPS) is 17.0. The summed E-state index contributed by atoms with van der Waals surface area (Å²) in [6.07, 6.45) is 8.90.